The number of amides is 15. The van der Waals surface area contributed by atoms with Crippen LogP contribution in [0.4, 0.5) is 0 Å². The van der Waals surface area contributed by atoms with E-state index in [1.54, 1.807) is 0 Å². The normalized spacial score (nSPS) is 16.1. The average molecular weight is 1720 g/mol. The Morgan fingerprint density at radius 1 is 0.264 bits per heavy atom. The lowest BCUT2D eigenvalue weighted by molar-refractivity contribution is -0.143. The predicted octanol–water partition coefficient (Wildman–Crippen LogP) is 0.882. The first-order chi connectivity index (χ1) is 57.1. The Labute approximate surface area is 720 Å². The second kappa shape index (κ2) is 61.2. The van der Waals surface area contributed by atoms with E-state index in [2.05, 4.69) is 69.1 Å². The van der Waals surface area contributed by atoms with E-state index in [0.29, 0.717) is 96.6 Å². The van der Waals surface area contributed by atoms with E-state index in [9.17, 15) is 67.1 Å². The summed E-state index contributed by atoms with van der Waals surface area (Å²) in [5, 5.41) is 36.6. The second-order valence-corrected chi connectivity index (χ2v) is 35.7. The lowest BCUT2D eigenvalue weighted by Gasteiger charge is -2.32. The van der Waals surface area contributed by atoms with Gasteiger partial charge in [0.05, 0.1) is 0 Å². The van der Waals surface area contributed by atoms with Crippen LogP contribution in [0.25, 0.3) is 0 Å². The van der Waals surface area contributed by atoms with Gasteiger partial charge in [0.1, 0.15) is 84.6 Å². The summed E-state index contributed by atoms with van der Waals surface area (Å²) in [6, 6.07) is -16.5. The van der Waals surface area contributed by atoms with Crippen molar-refractivity contribution in [3.8, 4) is 0 Å². The molecule has 121 heavy (non-hydrogen) atoms. The maximum Gasteiger partial charge on any atom is 0.245 e. The molecular weight excluding hydrogens is 1560 g/mol. The molecule has 1 rings (SSSR count). The van der Waals surface area contributed by atoms with Crippen LogP contribution in [0, 0.1) is 41.4 Å². The molecule has 27 N–H and O–H groups in total. The topological polar surface area (TPSA) is 598 Å². The molecular formula is C85H161N21O15. The van der Waals surface area contributed by atoms with Gasteiger partial charge >= 0.3 is 0 Å². The van der Waals surface area contributed by atoms with Crippen molar-refractivity contribution in [2.45, 2.75) is 362 Å². The fourth-order valence-corrected chi connectivity index (χ4v) is 14.5. The van der Waals surface area contributed by atoms with Crippen LogP contribution in [0.5, 0.6) is 0 Å². The maximum absolute atomic E-state index is 15.1. The van der Waals surface area contributed by atoms with Crippen LogP contribution in [-0.2, 0) is 71.9 Å². The Bertz CT molecular complexity index is 3180. The minimum Gasteiger partial charge on any atom is -0.368 e. The van der Waals surface area contributed by atoms with Crippen LogP contribution in [-0.4, -0.2) is 224 Å². The molecule has 0 aromatic heterocycles. The van der Waals surface area contributed by atoms with Gasteiger partial charge in [-0.05, 0) is 254 Å². The molecule has 0 spiro atoms. The molecule has 0 aromatic carbocycles. The molecule has 0 bridgehead atoms. The van der Waals surface area contributed by atoms with E-state index in [0.717, 1.165) is 0 Å². The lowest BCUT2D eigenvalue weighted by atomic mass is 9.98. The van der Waals surface area contributed by atoms with Crippen LogP contribution < -0.4 is 109 Å². The van der Waals surface area contributed by atoms with E-state index in [1.165, 1.54) is 11.8 Å². The van der Waals surface area contributed by atoms with Gasteiger partial charge in [-0.3, -0.25) is 71.9 Å². The van der Waals surface area contributed by atoms with E-state index in [-0.39, 0.29) is 164 Å². The highest BCUT2D eigenvalue weighted by molar-refractivity contribution is 6.00. The van der Waals surface area contributed by atoms with Crippen LogP contribution in [0.15, 0.2) is 0 Å². The molecule has 36 nitrogen and oxygen atoms in total. The summed E-state index contributed by atoms with van der Waals surface area (Å²) in [7, 11) is 0. The molecule has 1 heterocycles. The molecule has 1 aliphatic heterocycles. The number of carbonyl (C=O) groups is 15. The molecule has 1 aliphatic rings. The van der Waals surface area contributed by atoms with Crippen LogP contribution in [0.3, 0.4) is 0 Å². The third-order valence-electron chi connectivity index (χ3n) is 20.8. The van der Waals surface area contributed by atoms with Crippen LogP contribution in [0.2, 0.25) is 0 Å². The van der Waals surface area contributed by atoms with E-state index in [1.807, 2.05) is 96.9 Å². The second-order valence-electron chi connectivity index (χ2n) is 35.7. The van der Waals surface area contributed by atoms with Gasteiger partial charge in [0.25, 0.3) is 0 Å². The Kier molecular flexibility index (Phi) is 56.0. The molecule has 15 amide bonds. The average Bonchev–Trinajstić information content (AvgIpc) is 1.70. The first-order valence-corrected chi connectivity index (χ1v) is 44.8. The number of nitrogens with one attached hydrogen (secondary N) is 13. The van der Waals surface area contributed by atoms with Gasteiger partial charge in [-0.25, -0.2) is 0 Å². The number of primary amides is 1. The van der Waals surface area contributed by atoms with Crippen molar-refractivity contribution in [2.24, 2.45) is 81.6 Å². The summed E-state index contributed by atoms with van der Waals surface area (Å²) < 4.78 is 0. The third kappa shape index (κ3) is 45.7. The zero-order valence-corrected chi connectivity index (χ0v) is 75.8. The molecule has 0 unspecified atom stereocenters. The summed E-state index contributed by atoms with van der Waals surface area (Å²) in [5.41, 5.74) is 40.7. The Hall–Kier alpha value is -8.19. The predicted molar refractivity (Wildman–Crippen MR) is 468 cm³/mol. The standard InChI is InChI=1S/C85H161N21O15/c1-50(2)43-64(78(114)94-58(72(92)108)29-16-22-36-86)102-82(118)68(47-54(9)10)101-76(112)61(32-19-25-39-89)96-79(115)65(44-51(3)4)104-83(119)69(48-55(11)12)100-75(111)60(31-18-24-38-88)95-74(110)63(34-21-27-41-91)98-84(120)71-35-28-42-106(71)85(121)70(49-56(13)14)105-77(113)62(33-20-26-40-90)97-80(116)66(45-52(5)6)103-81(117)67(46-53(7)8)99-73(109)59(93-57(15)107)30-17-23-37-87/h50-56,58-71H,16-49,86-91H2,1-15H3,(H2,92,108)(H,93,107)(H,94,114)(H,95,110)(H,96,115)(H,97,116)(H,98,120)(H,99,109)(H,100,111)(H,101,112)(H,102,118)(H,103,117)(H,104,119)(H,105,113)/t58-,59-,60-,61-,62-,63-,64-,65-,66-,67-,68-,69-,70-,71-/m0/s1. The molecule has 0 radical (unpaired) electrons. The summed E-state index contributed by atoms with van der Waals surface area (Å²) in [6.07, 6.45) is 7.79. The SMILES string of the molecule is CC(=O)N[C@@H](CCCCN)C(=O)N[C@@H](CC(C)C)C(=O)N[C@@H](CC(C)C)C(=O)N[C@@H](CCCCN)C(=O)N[C@@H](CC(C)C)C(=O)N1CCC[C@H]1C(=O)N[C@@H](CCCCN)C(=O)N[C@@H](CCCCN)C(=O)N[C@@H](CC(C)C)C(=O)N[C@@H](CC(C)C)C(=O)N[C@@H](CCCCN)C(=O)N[C@@H](CC(C)C)C(=O)N[C@@H](CC(C)C)C(=O)N[C@@H](CCCCN)C(N)=O. The Morgan fingerprint density at radius 2 is 0.455 bits per heavy atom. The quantitative estimate of drug-likeness (QED) is 0.0376. The molecule has 1 saturated heterocycles. The number of hydrogen-bond donors (Lipinski definition) is 20. The summed E-state index contributed by atoms with van der Waals surface area (Å²) in [6.45, 7) is 29.1. The van der Waals surface area contributed by atoms with Crippen molar-refractivity contribution < 1.29 is 71.9 Å². The van der Waals surface area contributed by atoms with Crippen LogP contribution in [0.1, 0.15) is 277 Å². The van der Waals surface area contributed by atoms with Crippen molar-refractivity contribution in [3.05, 3.63) is 0 Å². The van der Waals surface area contributed by atoms with E-state index >= 15 is 4.79 Å². The summed E-state index contributed by atoms with van der Waals surface area (Å²) >= 11 is 0. The minimum atomic E-state index is -1.30. The monoisotopic (exact) mass is 1720 g/mol. The molecule has 0 aliphatic carbocycles. The lowest BCUT2D eigenvalue weighted by Crippen LogP contribution is -2.61. The van der Waals surface area contributed by atoms with Gasteiger partial charge in [-0.1, -0.05) is 96.9 Å². The number of likely N-dealkylation sites (tertiary alicyclic amines) is 1. The van der Waals surface area contributed by atoms with Crippen molar-refractivity contribution in [1.82, 2.24) is 74.0 Å². The van der Waals surface area contributed by atoms with Crippen LogP contribution >= 0.6 is 0 Å². The van der Waals surface area contributed by atoms with E-state index in [4.69, 9.17) is 40.1 Å². The number of nitrogens with two attached hydrogens (primary N) is 7. The first-order valence-electron chi connectivity index (χ1n) is 44.8. The molecule has 0 saturated carbocycles. The Morgan fingerprint density at radius 3 is 0.678 bits per heavy atom. The fourth-order valence-electron chi connectivity index (χ4n) is 14.5. The number of hydrogen-bond acceptors (Lipinski definition) is 21. The highest BCUT2D eigenvalue weighted by Gasteiger charge is 2.42. The van der Waals surface area contributed by atoms with Gasteiger partial charge in [0, 0.05) is 13.5 Å². The van der Waals surface area contributed by atoms with Gasteiger partial charge in [-0.15, -0.1) is 0 Å². The summed E-state index contributed by atoms with van der Waals surface area (Å²) in [5.74, 6) is -11.2. The first kappa shape index (κ1) is 111. The number of rotatable bonds is 65. The Balaban J connectivity index is 3.73. The van der Waals surface area contributed by atoms with Gasteiger partial charge < -0.3 is 114 Å². The maximum atomic E-state index is 15.1. The third-order valence-corrected chi connectivity index (χ3v) is 20.8. The van der Waals surface area contributed by atoms with Gasteiger partial charge in [0.2, 0.25) is 88.6 Å². The van der Waals surface area contributed by atoms with Gasteiger partial charge in [-0.2, -0.15) is 0 Å². The van der Waals surface area contributed by atoms with E-state index < -0.39 is 173 Å². The van der Waals surface area contributed by atoms with Gasteiger partial charge in [0.15, 0.2) is 0 Å². The molecule has 14 atom stereocenters. The number of unbranched alkanes of at least 4 members (excludes halogenated alkanes) is 6. The van der Waals surface area contributed by atoms with Crippen molar-refractivity contribution in [1.29, 1.82) is 0 Å². The smallest absolute Gasteiger partial charge is 0.245 e. The zero-order chi connectivity index (χ0) is 91.6. The van der Waals surface area contributed by atoms with Crippen molar-refractivity contribution in [3.63, 3.8) is 0 Å². The molecule has 696 valence electrons. The largest absolute Gasteiger partial charge is 0.368 e. The fraction of sp³-hybridized carbons (Fsp3) is 0.824. The molecule has 1 fully saturated rings. The number of carbonyl (C=O) groups excluding carboxylic acids is 15. The zero-order valence-electron chi connectivity index (χ0n) is 75.8. The highest BCUT2D eigenvalue weighted by atomic mass is 16.2. The van der Waals surface area contributed by atoms with Crippen molar-refractivity contribution in [2.75, 3.05) is 45.8 Å². The highest BCUT2D eigenvalue weighted by Crippen LogP contribution is 2.23. The summed E-state index contributed by atoms with van der Waals surface area (Å²) in [4.78, 5) is 215. The molecule has 0 aromatic rings. The molecule has 36 heteroatoms. The number of nitrogens with zero attached hydrogens (tertiary/aromatic N) is 1. The van der Waals surface area contributed by atoms with Crippen molar-refractivity contribution >= 4 is 88.6 Å². The minimum absolute atomic E-state index is 0.0432.